The van der Waals surface area contributed by atoms with Gasteiger partial charge in [-0.05, 0) is 25.0 Å². The number of sulfonamides is 1. The first-order valence-electron chi connectivity index (χ1n) is 6.25. The summed E-state index contributed by atoms with van der Waals surface area (Å²) in [5.41, 5.74) is -0.569. The molecule has 1 aliphatic rings. The fraction of sp³-hybridized carbons (Fsp3) is 0.462. The lowest BCUT2D eigenvalue weighted by Crippen LogP contribution is -2.34. The first-order chi connectivity index (χ1) is 9.87. The average molecular weight is 317 g/mol. The molecule has 21 heavy (non-hydrogen) atoms. The van der Waals surface area contributed by atoms with Crippen LogP contribution in [0.5, 0.6) is 0 Å². The normalized spacial score (nSPS) is 16.3. The Morgan fingerprint density at radius 1 is 1.38 bits per heavy atom. The Bertz CT molecular complexity index is 655. The smallest absolute Gasteiger partial charge is 0.343 e. The second-order valence-corrected chi connectivity index (χ2v) is 6.95. The molecule has 0 aliphatic heterocycles. The maximum atomic E-state index is 13.8. The number of nitrogens with one attached hydrogen (secondary N) is 1. The van der Waals surface area contributed by atoms with Crippen LogP contribution in [-0.2, 0) is 19.5 Å². The minimum Gasteiger partial charge on any atom is -0.465 e. The zero-order valence-electron chi connectivity index (χ0n) is 11.7. The van der Waals surface area contributed by atoms with E-state index in [1.165, 1.54) is 19.2 Å². The Labute approximate surface area is 122 Å². The molecule has 6 nitrogen and oxygen atoms in total. The second kappa shape index (κ2) is 5.61. The van der Waals surface area contributed by atoms with Gasteiger partial charge in [0.2, 0.25) is 10.0 Å². The Morgan fingerprint density at radius 3 is 2.57 bits per heavy atom. The van der Waals surface area contributed by atoms with E-state index in [2.05, 4.69) is 9.46 Å². The summed E-state index contributed by atoms with van der Waals surface area (Å²) in [6.45, 7) is 0.0468. The van der Waals surface area contributed by atoms with Crippen LogP contribution in [0, 0.1) is 5.82 Å². The molecular weight excluding hydrogens is 301 g/mol. The molecule has 2 rings (SSSR count). The second-order valence-electron chi connectivity index (χ2n) is 4.88. The van der Waals surface area contributed by atoms with Gasteiger partial charge in [0, 0.05) is 7.11 Å². The molecule has 0 spiro atoms. The summed E-state index contributed by atoms with van der Waals surface area (Å²) in [6.07, 6.45) is 0.915. The zero-order chi connectivity index (χ0) is 15.7. The summed E-state index contributed by atoms with van der Waals surface area (Å²) in [4.78, 5) is 11.6. The number of esters is 1. The zero-order valence-corrected chi connectivity index (χ0v) is 12.5. The lowest BCUT2D eigenvalue weighted by atomic mass is 10.2. The highest BCUT2D eigenvalue weighted by Gasteiger charge is 2.55. The molecule has 0 atom stereocenters. The van der Waals surface area contributed by atoms with Crippen molar-refractivity contribution in [2.75, 3.05) is 25.5 Å². The van der Waals surface area contributed by atoms with E-state index in [0.717, 1.165) is 13.2 Å². The lowest BCUT2D eigenvalue weighted by molar-refractivity contribution is 0.0597. The van der Waals surface area contributed by atoms with Gasteiger partial charge in [0.05, 0.1) is 19.4 Å². The van der Waals surface area contributed by atoms with Gasteiger partial charge in [0.15, 0.2) is 0 Å². The maximum absolute atomic E-state index is 13.8. The standard InChI is InChI=1S/C13H16FNO5S/c1-19-8-13(6-7-13)21(17,18)15-10-5-3-4-9(14)11(10)12(16)20-2/h3-5,15H,6-8H2,1-2H3. The van der Waals surface area contributed by atoms with Crippen LogP contribution < -0.4 is 4.72 Å². The van der Waals surface area contributed by atoms with E-state index < -0.39 is 32.1 Å². The van der Waals surface area contributed by atoms with E-state index in [9.17, 15) is 17.6 Å². The van der Waals surface area contributed by atoms with Gasteiger partial charge in [-0.3, -0.25) is 4.72 Å². The van der Waals surface area contributed by atoms with Gasteiger partial charge in [-0.25, -0.2) is 17.6 Å². The summed E-state index contributed by atoms with van der Waals surface area (Å²) in [5, 5.41) is 0. The molecule has 0 amide bonds. The van der Waals surface area contributed by atoms with Gasteiger partial charge < -0.3 is 9.47 Å². The van der Waals surface area contributed by atoms with E-state index in [1.54, 1.807) is 0 Å². The molecule has 0 saturated heterocycles. The van der Waals surface area contributed by atoms with E-state index in [0.29, 0.717) is 12.8 Å². The fourth-order valence-corrected chi connectivity index (χ4v) is 3.65. The average Bonchev–Trinajstić information content (AvgIpc) is 3.20. The number of hydrogen-bond donors (Lipinski definition) is 1. The molecular formula is C13H16FNO5S. The van der Waals surface area contributed by atoms with Crippen LogP contribution in [-0.4, -0.2) is 40.0 Å². The molecule has 1 aliphatic carbocycles. The molecule has 1 aromatic rings. The number of anilines is 1. The third-order valence-corrected chi connectivity index (χ3v) is 5.59. The van der Waals surface area contributed by atoms with Crippen molar-refractivity contribution in [3.63, 3.8) is 0 Å². The molecule has 0 unspecified atom stereocenters. The van der Waals surface area contributed by atoms with Gasteiger partial charge in [0.25, 0.3) is 0 Å². The summed E-state index contributed by atoms with van der Waals surface area (Å²) in [5.74, 6) is -1.79. The molecule has 0 aromatic heterocycles. The van der Waals surface area contributed by atoms with Crippen molar-refractivity contribution in [2.24, 2.45) is 0 Å². The van der Waals surface area contributed by atoms with Gasteiger partial charge in [-0.1, -0.05) is 6.07 Å². The first-order valence-corrected chi connectivity index (χ1v) is 7.73. The van der Waals surface area contributed by atoms with Crippen LogP contribution in [0.2, 0.25) is 0 Å². The van der Waals surface area contributed by atoms with Crippen LogP contribution in [0.1, 0.15) is 23.2 Å². The van der Waals surface area contributed by atoms with E-state index in [4.69, 9.17) is 4.74 Å². The SMILES string of the molecule is COCC1(S(=O)(=O)Nc2cccc(F)c2C(=O)OC)CC1. The molecule has 0 heterocycles. The first kappa shape index (κ1) is 15.7. The largest absolute Gasteiger partial charge is 0.465 e. The predicted molar refractivity (Wildman–Crippen MR) is 74.1 cm³/mol. The Hall–Kier alpha value is -1.67. The van der Waals surface area contributed by atoms with Crippen molar-refractivity contribution in [1.29, 1.82) is 0 Å². The monoisotopic (exact) mass is 317 g/mol. The molecule has 1 aromatic carbocycles. The predicted octanol–water partition coefficient (Wildman–Crippen LogP) is 1.53. The van der Waals surface area contributed by atoms with Crippen LogP contribution >= 0.6 is 0 Å². The van der Waals surface area contributed by atoms with Gasteiger partial charge >= 0.3 is 5.97 Å². The van der Waals surface area contributed by atoms with Crippen LogP contribution in [0.4, 0.5) is 10.1 Å². The third-order valence-electron chi connectivity index (χ3n) is 3.43. The minimum absolute atomic E-state index is 0.0468. The van der Waals surface area contributed by atoms with Crippen molar-refractivity contribution in [3.8, 4) is 0 Å². The molecule has 1 fully saturated rings. The number of rotatable bonds is 6. The van der Waals surface area contributed by atoms with Gasteiger partial charge in [0.1, 0.15) is 16.1 Å². The van der Waals surface area contributed by atoms with Gasteiger partial charge in [-0.15, -0.1) is 0 Å². The lowest BCUT2D eigenvalue weighted by Gasteiger charge is -2.18. The highest BCUT2D eigenvalue weighted by atomic mass is 32.2. The Morgan fingerprint density at radius 2 is 2.05 bits per heavy atom. The minimum atomic E-state index is -3.79. The highest BCUT2D eigenvalue weighted by molar-refractivity contribution is 7.94. The molecule has 116 valence electrons. The van der Waals surface area contributed by atoms with Crippen molar-refractivity contribution >= 4 is 21.7 Å². The van der Waals surface area contributed by atoms with Crippen LogP contribution in [0.25, 0.3) is 0 Å². The number of carbonyl (C=O) groups excluding carboxylic acids is 1. The Kier molecular flexibility index (Phi) is 4.20. The number of halogens is 1. The topological polar surface area (TPSA) is 81.7 Å². The molecule has 1 N–H and O–H groups in total. The van der Waals surface area contributed by atoms with Crippen molar-refractivity contribution in [2.45, 2.75) is 17.6 Å². The summed E-state index contributed by atoms with van der Waals surface area (Å²) < 4.78 is 49.2. The number of hydrogen-bond acceptors (Lipinski definition) is 5. The van der Waals surface area contributed by atoms with Crippen molar-refractivity contribution in [1.82, 2.24) is 0 Å². The van der Waals surface area contributed by atoms with E-state index in [-0.39, 0.29) is 12.3 Å². The van der Waals surface area contributed by atoms with E-state index >= 15 is 0 Å². The number of benzene rings is 1. The quantitative estimate of drug-likeness (QED) is 0.805. The van der Waals surface area contributed by atoms with Gasteiger partial charge in [-0.2, -0.15) is 0 Å². The summed E-state index contributed by atoms with van der Waals surface area (Å²) in [7, 11) is -1.28. The fourth-order valence-electron chi connectivity index (χ4n) is 2.06. The number of carbonyl (C=O) groups is 1. The van der Waals surface area contributed by atoms with Crippen molar-refractivity contribution in [3.05, 3.63) is 29.6 Å². The Balaban J connectivity index is 2.36. The molecule has 0 bridgehead atoms. The summed E-state index contributed by atoms with van der Waals surface area (Å²) >= 11 is 0. The molecule has 1 saturated carbocycles. The van der Waals surface area contributed by atoms with Crippen molar-refractivity contribution < 1.29 is 27.1 Å². The third kappa shape index (κ3) is 2.86. The molecule has 8 heteroatoms. The van der Waals surface area contributed by atoms with Crippen LogP contribution in [0.3, 0.4) is 0 Å². The van der Waals surface area contributed by atoms with E-state index in [1.807, 2.05) is 0 Å². The number of ether oxygens (including phenoxy) is 2. The summed E-state index contributed by atoms with van der Waals surface area (Å²) in [6, 6.07) is 3.69. The van der Waals surface area contributed by atoms with Crippen LogP contribution in [0.15, 0.2) is 18.2 Å². The maximum Gasteiger partial charge on any atom is 0.343 e. The molecule has 0 radical (unpaired) electrons. The highest BCUT2D eigenvalue weighted by Crippen LogP contribution is 2.44. The number of methoxy groups -OCH3 is 2.